The summed E-state index contributed by atoms with van der Waals surface area (Å²) in [6.07, 6.45) is 3.99. The van der Waals surface area contributed by atoms with E-state index in [0.29, 0.717) is 41.6 Å². The van der Waals surface area contributed by atoms with Gasteiger partial charge >= 0.3 is 0 Å². The van der Waals surface area contributed by atoms with Crippen molar-refractivity contribution in [3.05, 3.63) is 64.6 Å². The highest BCUT2D eigenvalue weighted by atomic mass is 16.5. The number of furan rings is 1. The summed E-state index contributed by atoms with van der Waals surface area (Å²) >= 11 is 0. The van der Waals surface area contributed by atoms with Crippen LogP contribution in [-0.2, 0) is 16.1 Å². The van der Waals surface area contributed by atoms with E-state index in [1.807, 2.05) is 19.9 Å². The molecule has 7 nitrogen and oxygen atoms in total. The highest BCUT2D eigenvalue weighted by molar-refractivity contribution is 6.19. The molecule has 0 radical (unpaired) electrons. The van der Waals surface area contributed by atoms with Gasteiger partial charge in [0.2, 0.25) is 0 Å². The zero-order chi connectivity index (χ0) is 22.4. The zero-order valence-electron chi connectivity index (χ0n) is 17.8. The first kappa shape index (κ1) is 21.9. The van der Waals surface area contributed by atoms with Crippen molar-refractivity contribution in [1.29, 1.82) is 5.26 Å². The maximum Gasteiger partial charge on any atom is 0.272 e. The summed E-state index contributed by atoms with van der Waals surface area (Å²) in [5.74, 6) is 0.535. The number of amides is 2. The molecular weight excluding hydrogens is 396 g/mol. The molecule has 0 unspecified atom stereocenters. The Morgan fingerprint density at radius 2 is 1.94 bits per heavy atom. The number of carbonyl (C=O) groups excluding carboxylic acids is 2. The molecule has 0 bridgehead atoms. The third-order valence-corrected chi connectivity index (χ3v) is 4.76. The Labute approximate surface area is 181 Å². The molecule has 3 rings (SSSR count). The highest BCUT2D eigenvalue weighted by Gasteiger charge is 2.35. The molecule has 1 aromatic heterocycles. The van der Waals surface area contributed by atoms with E-state index in [1.165, 1.54) is 6.26 Å². The fraction of sp³-hybridized carbons (Fsp3) is 0.292. The van der Waals surface area contributed by atoms with Crippen LogP contribution in [0, 0.1) is 11.3 Å². The van der Waals surface area contributed by atoms with E-state index in [1.54, 1.807) is 43.3 Å². The molecule has 31 heavy (non-hydrogen) atoms. The molecule has 7 heteroatoms. The van der Waals surface area contributed by atoms with Crippen molar-refractivity contribution in [2.24, 2.45) is 0 Å². The first-order valence-electron chi connectivity index (χ1n) is 10.1. The van der Waals surface area contributed by atoms with Gasteiger partial charge < -0.3 is 13.9 Å². The Balaban J connectivity index is 2.01. The zero-order valence-corrected chi connectivity index (χ0v) is 17.8. The lowest BCUT2D eigenvalue weighted by Gasteiger charge is -2.26. The van der Waals surface area contributed by atoms with Crippen LogP contribution >= 0.6 is 0 Å². The molecule has 0 saturated carbocycles. The van der Waals surface area contributed by atoms with Gasteiger partial charge in [0.1, 0.15) is 17.4 Å². The minimum absolute atomic E-state index is 0.0472. The minimum atomic E-state index is -0.628. The lowest BCUT2D eigenvalue weighted by atomic mass is 9.93. The number of nitriles is 1. The molecule has 0 fully saturated rings. The predicted molar refractivity (Wildman–Crippen MR) is 114 cm³/mol. The number of nitrogens with zero attached hydrogens (tertiary/aromatic N) is 2. The standard InChI is InChI=1S/C24H24N2O5/c1-4-10-31-21-9-8-17(13-22(21)29-5-2)12-19-16(3)20(14-25)24(28)26(23(19)27)15-18-7-6-11-30-18/h6-9,11-13H,4-5,10,15H2,1-3H3/b19-12+. The second-order valence-corrected chi connectivity index (χ2v) is 6.93. The highest BCUT2D eigenvalue weighted by Crippen LogP contribution is 2.32. The fourth-order valence-corrected chi connectivity index (χ4v) is 3.21. The maximum absolute atomic E-state index is 13.2. The molecule has 0 N–H and O–H groups in total. The number of rotatable bonds is 8. The van der Waals surface area contributed by atoms with Crippen molar-refractivity contribution in [1.82, 2.24) is 4.90 Å². The molecule has 2 amide bonds. The molecule has 0 saturated heterocycles. The van der Waals surface area contributed by atoms with E-state index in [2.05, 4.69) is 0 Å². The molecule has 0 aliphatic carbocycles. The van der Waals surface area contributed by atoms with Crippen molar-refractivity contribution in [3.63, 3.8) is 0 Å². The van der Waals surface area contributed by atoms with E-state index in [4.69, 9.17) is 13.9 Å². The number of ether oxygens (including phenoxy) is 2. The summed E-state index contributed by atoms with van der Waals surface area (Å²) in [4.78, 5) is 26.9. The van der Waals surface area contributed by atoms with Crippen LogP contribution in [0.2, 0.25) is 0 Å². The summed E-state index contributed by atoms with van der Waals surface area (Å²) in [5, 5.41) is 9.52. The summed E-state index contributed by atoms with van der Waals surface area (Å²) in [6, 6.07) is 10.7. The molecule has 0 atom stereocenters. The Bertz CT molecular complexity index is 1070. The second kappa shape index (κ2) is 9.81. The molecule has 1 aliphatic rings. The SMILES string of the molecule is CCCOc1ccc(/C=C2/C(=O)N(Cc3ccco3)C(=O)C(C#N)=C2C)cc1OCC. The van der Waals surface area contributed by atoms with Crippen LogP contribution in [0.1, 0.15) is 38.5 Å². The van der Waals surface area contributed by atoms with Crippen LogP contribution in [0.25, 0.3) is 6.08 Å². The van der Waals surface area contributed by atoms with E-state index >= 15 is 0 Å². The number of imide groups is 1. The summed E-state index contributed by atoms with van der Waals surface area (Å²) < 4.78 is 16.7. The fourth-order valence-electron chi connectivity index (χ4n) is 3.21. The van der Waals surface area contributed by atoms with E-state index in [0.717, 1.165) is 11.3 Å². The predicted octanol–water partition coefficient (Wildman–Crippen LogP) is 4.26. The smallest absolute Gasteiger partial charge is 0.272 e. The number of benzene rings is 1. The van der Waals surface area contributed by atoms with Gasteiger partial charge in [0.15, 0.2) is 11.5 Å². The molecule has 1 aliphatic heterocycles. The average molecular weight is 420 g/mol. The first-order chi connectivity index (χ1) is 15.0. The number of hydrogen-bond donors (Lipinski definition) is 0. The van der Waals surface area contributed by atoms with Crippen LogP contribution in [0.5, 0.6) is 11.5 Å². The Morgan fingerprint density at radius 3 is 2.58 bits per heavy atom. The molecule has 1 aromatic carbocycles. The van der Waals surface area contributed by atoms with Crippen molar-refractivity contribution in [2.45, 2.75) is 33.7 Å². The topological polar surface area (TPSA) is 92.8 Å². The third kappa shape index (κ3) is 4.69. The Kier molecular flexibility index (Phi) is 6.93. The van der Waals surface area contributed by atoms with Gasteiger partial charge in [0, 0.05) is 5.57 Å². The van der Waals surface area contributed by atoms with Gasteiger partial charge in [-0.15, -0.1) is 0 Å². The third-order valence-electron chi connectivity index (χ3n) is 4.76. The Hall–Kier alpha value is -3.79. The lowest BCUT2D eigenvalue weighted by molar-refractivity contribution is -0.141. The molecule has 0 spiro atoms. The van der Waals surface area contributed by atoms with Gasteiger partial charge in [0.25, 0.3) is 11.8 Å². The van der Waals surface area contributed by atoms with Gasteiger partial charge in [-0.25, -0.2) is 0 Å². The quantitative estimate of drug-likeness (QED) is 0.468. The van der Waals surface area contributed by atoms with Crippen molar-refractivity contribution in [3.8, 4) is 17.6 Å². The van der Waals surface area contributed by atoms with Crippen LogP contribution in [-0.4, -0.2) is 29.9 Å². The number of carbonyl (C=O) groups is 2. The van der Waals surface area contributed by atoms with Crippen molar-refractivity contribution < 1.29 is 23.5 Å². The van der Waals surface area contributed by atoms with Crippen LogP contribution < -0.4 is 9.47 Å². The molecule has 160 valence electrons. The van der Waals surface area contributed by atoms with Gasteiger partial charge in [-0.2, -0.15) is 5.26 Å². The van der Waals surface area contributed by atoms with Crippen molar-refractivity contribution >= 4 is 17.9 Å². The average Bonchev–Trinajstić information content (AvgIpc) is 3.27. The Morgan fingerprint density at radius 1 is 1.13 bits per heavy atom. The van der Waals surface area contributed by atoms with E-state index in [-0.39, 0.29) is 17.7 Å². The monoisotopic (exact) mass is 420 g/mol. The minimum Gasteiger partial charge on any atom is -0.490 e. The molecular formula is C24H24N2O5. The van der Waals surface area contributed by atoms with Gasteiger partial charge in [-0.3, -0.25) is 14.5 Å². The largest absolute Gasteiger partial charge is 0.490 e. The van der Waals surface area contributed by atoms with Crippen LogP contribution in [0.15, 0.2) is 57.7 Å². The van der Waals surface area contributed by atoms with Gasteiger partial charge in [0.05, 0.1) is 26.0 Å². The summed E-state index contributed by atoms with van der Waals surface area (Å²) in [5.41, 5.74) is 1.25. The van der Waals surface area contributed by atoms with Crippen LogP contribution in [0.4, 0.5) is 0 Å². The van der Waals surface area contributed by atoms with Crippen LogP contribution in [0.3, 0.4) is 0 Å². The van der Waals surface area contributed by atoms with Gasteiger partial charge in [-0.05, 0) is 61.7 Å². The molecule has 2 heterocycles. The maximum atomic E-state index is 13.2. The number of hydrogen-bond acceptors (Lipinski definition) is 6. The lowest BCUT2D eigenvalue weighted by Crippen LogP contribution is -2.42. The normalized spacial score (nSPS) is 15.4. The summed E-state index contributed by atoms with van der Waals surface area (Å²) in [6.45, 7) is 6.48. The van der Waals surface area contributed by atoms with Crippen molar-refractivity contribution in [2.75, 3.05) is 13.2 Å². The molecule has 2 aromatic rings. The second-order valence-electron chi connectivity index (χ2n) is 6.93. The summed E-state index contributed by atoms with van der Waals surface area (Å²) in [7, 11) is 0. The van der Waals surface area contributed by atoms with E-state index < -0.39 is 11.8 Å². The van der Waals surface area contributed by atoms with E-state index in [9.17, 15) is 14.9 Å². The van der Waals surface area contributed by atoms with Gasteiger partial charge in [-0.1, -0.05) is 13.0 Å². The first-order valence-corrected chi connectivity index (χ1v) is 10.1.